The molecule has 2 heterocycles. The first-order valence-electron chi connectivity index (χ1n) is 6.46. The minimum atomic E-state index is -0.187. The molecule has 21 heavy (non-hydrogen) atoms. The molecule has 0 saturated carbocycles. The Morgan fingerprint density at radius 2 is 1.95 bits per heavy atom. The van der Waals surface area contributed by atoms with Crippen LogP contribution in [-0.4, -0.2) is 28.8 Å². The molecule has 0 bridgehead atoms. The molecule has 0 aliphatic carbocycles. The van der Waals surface area contributed by atoms with E-state index in [1.54, 1.807) is 14.2 Å². The standard InChI is InChI=1S/C14H16N4O2S/c1-8(15)13-16-17-14-18(13)10(7-21-14)9-4-5-11(19-2)12(6-9)20-3/h4-8H,15H2,1-3H3. The number of fused-ring (bicyclic) bond motifs is 1. The van der Waals surface area contributed by atoms with Gasteiger partial charge in [0.05, 0.1) is 26.0 Å². The van der Waals surface area contributed by atoms with Crippen molar-refractivity contribution in [1.82, 2.24) is 14.6 Å². The molecule has 7 heteroatoms. The second kappa shape index (κ2) is 5.34. The maximum absolute atomic E-state index is 5.97. The minimum Gasteiger partial charge on any atom is -0.493 e. The minimum absolute atomic E-state index is 0.187. The Morgan fingerprint density at radius 1 is 1.19 bits per heavy atom. The molecule has 0 amide bonds. The Kier molecular flexibility index (Phi) is 3.52. The van der Waals surface area contributed by atoms with Crippen LogP contribution in [0, 0.1) is 0 Å². The van der Waals surface area contributed by atoms with Crippen LogP contribution >= 0.6 is 11.3 Å². The molecular formula is C14H16N4O2S. The molecule has 110 valence electrons. The highest BCUT2D eigenvalue weighted by atomic mass is 32.1. The topological polar surface area (TPSA) is 74.7 Å². The molecule has 3 rings (SSSR count). The number of aromatic nitrogens is 3. The maximum Gasteiger partial charge on any atom is 0.216 e. The Bertz CT molecular complexity index is 778. The summed E-state index contributed by atoms with van der Waals surface area (Å²) in [6.07, 6.45) is 0. The summed E-state index contributed by atoms with van der Waals surface area (Å²) in [6, 6.07) is 5.61. The van der Waals surface area contributed by atoms with Gasteiger partial charge in [-0.3, -0.25) is 4.40 Å². The summed E-state index contributed by atoms with van der Waals surface area (Å²) >= 11 is 1.53. The summed E-state index contributed by atoms with van der Waals surface area (Å²) in [6.45, 7) is 1.90. The third-order valence-electron chi connectivity index (χ3n) is 3.26. The van der Waals surface area contributed by atoms with Gasteiger partial charge in [-0.15, -0.1) is 21.5 Å². The van der Waals surface area contributed by atoms with E-state index in [1.165, 1.54) is 11.3 Å². The van der Waals surface area contributed by atoms with Crippen molar-refractivity contribution in [2.75, 3.05) is 14.2 Å². The Labute approximate surface area is 126 Å². The summed E-state index contributed by atoms with van der Waals surface area (Å²) < 4.78 is 12.6. The van der Waals surface area contributed by atoms with Gasteiger partial charge in [0.25, 0.3) is 0 Å². The highest BCUT2D eigenvalue weighted by molar-refractivity contribution is 7.15. The van der Waals surface area contributed by atoms with Gasteiger partial charge in [-0.2, -0.15) is 0 Å². The summed E-state index contributed by atoms with van der Waals surface area (Å²) in [4.78, 5) is 0.826. The molecule has 1 unspecified atom stereocenters. The van der Waals surface area contributed by atoms with Crippen LogP contribution in [0.2, 0.25) is 0 Å². The van der Waals surface area contributed by atoms with Gasteiger partial charge in [0.1, 0.15) is 0 Å². The zero-order valence-corrected chi connectivity index (χ0v) is 12.8. The molecular weight excluding hydrogens is 288 g/mol. The van der Waals surface area contributed by atoms with E-state index in [1.807, 2.05) is 34.9 Å². The molecule has 1 atom stereocenters. The number of hydrogen-bond donors (Lipinski definition) is 1. The van der Waals surface area contributed by atoms with Crippen LogP contribution in [0.1, 0.15) is 18.8 Å². The van der Waals surface area contributed by atoms with Crippen LogP contribution < -0.4 is 15.2 Å². The number of ether oxygens (including phenoxy) is 2. The predicted molar refractivity (Wildman–Crippen MR) is 82.0 cm³/mol. The van der Waals surface area contributed by atoms with Gasteiger partial charge < -0.3 is 15.2 Å². The second-order valence-electron chi connectivity index (χ2n) is 4.66. The molecule has 1 aromatic carbocycles. The lowest BCUT2D eigenvalue weighted by Crippen LogP contribution is -2.10. The fourth-order valence-corrected chi connectivity index (χ4v) is 3.08. The van der Waals surface area contributed by atoms with E-state index in [9.17, 15) is 0 Å². The lowest BCUT2D eigenvalue weighted by Gasteiger charge is -2.10. The number of nitrogens with two attached hydrogens (primary N) is 1. The molecule has 0 fully saturated rings. The van der Waals surface area contributed by atoms with Gasteiger partial charge in [-0.05, 0) is 25.1 Å². The summed E-state index contributed by atoms with van der Waals surface area (Å²) in [5, 5.41) is 10.4. The lowest BCUT2D eigenvalue weighted by molar-refractivity contribution is 0.355. The number of benzene rings is 1. The van der Waals surface area contributed by atoms with Crippen molar-refractivity contribution in [2.45, 2.75) is 13.0 Å². The Hall–Kier alpha value is -2.12. The number of nitrogens with zero attached hydrogens (tertiary/aromatic N) is 3. The monoisotopic (exact) mass is 304 g/mol. The van der Waals surface area contributed by atoms with Gasteiger partial charge in [0.15, 0.2) is 17.3 Å². The van der Waals surface area contributed by atoms with Crippen LogP contribution in [0.3, 0.4) is 0 Å². The number of hydrogen-bond acceptors (Lipinski definition) is 6. The highest BCUT2D eigenvalue weighted by Crippen LogP contribution is 2.34. The van der Waals surface area contributed by atoms with Crippen LogP contribution in [0.15, 0.2) is 23.6 Å². The normalized spacial score (nSPS) is 12.6. The van der Waals surface area contributed by atoms with E-state index in [2.05, 4.69) is 10.2 Å². The van der Waals surface area contributed by atoms with E-state index in [4.69, 9.17) is 15.2 Å². The first kappa shape index (κ1) is 13.8. The molecule has 2 N–H and O–H groups in total. The van der Waals surface area contributed by atoms with Crippen LogP contribution in [0.5, 0.6) is 11.5 Å². The predicted octanol–water partition coefficient (Wildman–Crippen LogP) is 2.49. The summed E-state index contributed by atoms with van der Waals surface area (Å²) in [5.74, 6) is 2.13. The van der Waals surface area contributed by atoms with E-state index in [0.29, 0.717) is 11.5 Å². The average Bonchev–Trinajstić information content (AvgIpc) is 3.07. The maximum atomic E-state index is 5.97. The molecule has 0 aliphatic heterocycles. The first-order valence-corrected chi connectivity index (χ1v) is 7.34. The van der Waals surface area contributed by atoms with Gasteiger partial charge in [0.2, 0.25) is 4.96 Å². The molecule has 6 nitrogen and oxygen atoms in total. The lowest BCUT2D eigenvalue weighted by atomic mass is 10.1. The van der Waals surface area contributed by atoms with Crippen molar-refractivity contribution < 1.29 is 9.47 Å². The number of methoxy groups -OCH3 is 2. The van der Waals surface area contributed by atoms with Gasteiger partial charge in [-0.25, -0.2) is 0 Å². The molecule has 0 spiro atoms. The van der Waals surface area contributed by atoms with Gasteiger partial charge >= 0.3 is 0 Å². The second-order valence-corrected chi connectivity index (χ2v) is 5.49. The zero-order chi connectivity index (χ0) is 15.0. The highest BCUT2D eigenvalue weighted by Gasteiger charge is 2.17. The summed E-state index contributed by atoms with van der Waals surface area (Å²) in [5.41, 5.74) is 7.96. The SMILES string of the molecule is COc1ccc(-c2csc3nnc(C(C)N)n23)cc1OC. The third-order valence-corrected chi connectivity index (χ3v) is 4.08. The van der Waals surface area contributed by atoms with Crippen molar-refractivity contribution in [3.8, 4) is 22.8 Å². The molecule has 0 saturated heterocycles. The van der Waals surface area contributed by atoms with E-state index < -0.39 is 0 Å². The van der Waals surface area contributed by atoms with Crippen LogP contribution in [0.4, 0.5) is 0 Å². The van der Waals surface area contributed by atoms with Crippen molar-refractivity contribution in [2.24, 2.45) is 5.73 Å². The van der Waals surface area contributed by atoms with E-state index >= 15 is 0 Å². The van der Waals surface area contributed by atoms with Crippen LogP contribution in [-0.2, 0) is 0 Å². The van der Waals surface area contributed by atoms with Crippen LogP contribution in [0.25, 0.3) is 16.2 Å². The molecule has 0 aliphatic rings. The van der Waals surface area contributed by atoms with Crippen molar-refractivity contribution in [3.63, 3.8) is 0 Å². The molecule has 2 aromatic heterocycles. The smallest absolute Gasteiger partial charge is 0.216 e. The van der Waals surface area contributed by atoms with Gasteiger partial charge in [0, 0.05) is 10.9 Å². The molecule has 0 radical (unpaired) electrons. The Morgan fingerprint density at radius 3 is 2.62 bits per heavy atom. The van der Waals surface area contributed by atoms with Crippen molar-refractivity contribution in [3.05, 3.63) is 29.4 Å². The average molecular weight is 304 g/mol. The van der Waals surface area contributed by atoms with E-state index in [-0.39, 0.29) is 6.04 Å². The number of rotatable bonds is 4. The third kappa shape index (κ3) is 2.24. The number of thiazole rings is 1. The largest absolute Gasteiger partial charge is 0.493 e. The van der Waals surface area contributed by atoms with Crippen molar-refractivity contribution >= 4 is 16.3 Å². The Balaban J connectivity index is 2.18. The zero-order valence-electron chi connectivity index (χ0n) is 12.0. The quantitative estimate of drug-likeness (QED) is 0.801. The summed E-state index contributed by atoms with van der Waals surface area (Å²) in [7, 11) is 3.24. The van der Waals surface area contributed by atoms with E-state index in [0.717, 1.165) is 22.0 Å². The van der Waals surface area contributed by atoms with Crippen molar-refractivity contribution in [1.29, 1.82) is 0 Å². The van der Waals surface area contributed by atoms with Gasteiger partial charge in [-0.1, -0.05) is 0 Å². The first-order chi connectivity index (χ1) is 10.2. The fourth-order valence-electron chi connectivity index (χ4n) is 2.23. The molecule has 3 aromatic rings. The fraction of sp³-hybridized carbons (Fsp3) is 0.286.